The van der Waals surface area contributed by atoms with Gasteiger partial charge in [-0.2, -0.15) is 23.1 Å². The summed E-state index contributed by atoms with van der Waals surface area (Å²) >= 11 is 13.9. The first-order valence-corrected chi connectivity index (χ1v) is 12.4. The molecule has 0 unspecified atom stereocenters. The number of rotatable bonds is 5. The number of thiazole rings is 1. The van der Waals surface area contributed by atoms with Crippen molar-refractivity contribution in [3.8, 4) is 0 Å². The molecule has 1 aliphatic heterocycles. The fourth-order valence-electron chi connectivity index (χ4n) is 3.71. The molecule has 1 fully saturated rings. The van der Waals surface area contributed by atoms with Gasteiger partial charge in [0.2, 0.25) is 5.95 Å². The summed E-state index contributed by atoms with van der Waals surface area (Å²) in [7, 11) is 0. The molecule has 2 N–H and O–H groups in total. The number of nitrogens with one attached hydrogen (secondary N) is 2. The molecule has 13 heteroatoms. The molecule has 0 aliphatic carbocycles. The molecule has 36 heavy (non-hydrogen) atoms. The average molecular weight is 555 g/mol. The van der Waals surface area contributed by atoms with Crippen molar-refractivity contribution < 1.29 is 17.9 Å². The van der Waals surface area contributed by atoms with E-state index in [1.165, 1.54) is 23.5 Å². The van der Waals surface area contributed by atoms with Gasteiger partial charge in [0.25, 0.3) is 0 Å². The Balaban J connectivity index is 1.55. The smallest absolute Gasteiger partial charge is 0.377 e. The number of hydrogen-bond donors (Lipinski definition) is 2. The van der Waals surface area contributed by atoms with E-state index < -0.39 is 11.7 Å². The largest absolute Gasteiger partial charge is 0.416 e. The molecule has 0 bridgehead atoms. The highest BCUT2D eigenvalue weighted by molar-refractivity contribution is 7.22. The van der Waals surface area contributed by atoms with Crippen molar-refractivity contribution in [2.24, 2.45) is 0 Å². The molecule has 1 atom stereocenters. The van der Waals surface area contributed by atoms with Gasteiger partial charge < -0.3 is 20.3 Å². The third kappa shape index (κ3) is 5.15. The molecule has 0 spiro atoms. The summed E-state index contributed by atoms with van der Waals surface area (Å²) in [6, 6.07) is 9.92. The van der Waals surface area contributed by atoms with E-state index in [9.17, 15) is 13.2 Å². The van der Waals surface area contributed by atoms with E-state index in [1.807, 2.05) is 11.8 Å². The topological polar surface area (TPSA) is 75.2 Å². The number of fused-ring (bicyclic) bond motifs is 1. The quantitative estimate of drug-likeness (QED) is 0.272. The maximum atomic E-state index is 13.0. The maximum Gasteiger partial charge on any atom is 0.416 e. The number of aromatic nitrogens is 3. The second-order valence-electron chi connectivity index (χ2n) is 8.08. The van der Waals surface area contributed by atoms with Crippen LogP contribution in [0.3, 0.4) is 0 Å². The van der Waals surface area contributed by atoms with Crippen LogP contribution in [0.25, 0.3) is 10.3 Å². The number of ether oxygens (including phenoxy) is 1. The average Bonchev–Trinajstić information content (AvgIpc) is 3.25. The van der Waals surface area contributed by atoms with Gasteiger partial charge in [-0.25, -0.2) is 4.98 Å². The zero-order chi connectivity index (χ0) is 25.4. The standard InChI is InChI=1S/C23H19Cl2F3N6OS/c1-12-11-35-10-9-34(12)21-32-19(29-14-7-5-13(6-8-14)23(26,27)28)18-20(33-21)36-22(31-18)30-17-15(24)3-2-4-16(17)25/h2-8,12H,9-11H2,1H3,(H,30,31)(H,29,32,33)/t12-/m0/s1. The molecule has 1 aliphatic rings. The molecular formula is C23H19Cl2F3N6OS. The van der Waals surface area contributed by atoms with Crippen LogP contribution in [0.5, 0.6) is 0 Å². The van der Waals surface area contributed by atoms with Crippen molar-refractivity contribution in [2.45, 2.75) is 19.1 Å². The Hall–Kier alpha value is -2.86. The number of alkyl halides is 3. The van der Waals surface area contributed by atoms with E-state index in [1.54, 1.807) is 18.2 Å². The number of benzene rings is 2. The highest BCUT2D eigenvalue weighted by Crippen LogP contribution is 2.38. The van der Waals surface area contributed by atoms with Crippen LogP contribution in [0.2, 0.25) is 10.0 Å². The zero-order valence-corrected chi connectivity index (χ0v) is 21.1. The monoisotopic (exact) mass is 554 g/mol. The van der Waals surface area contributed by atoms with Crippen molar-refractivity contribution in [3.63, 3.8) is 0 Å². The third-order valence-electron chi connectivity index (χ3n) is 5.54. The van der Waals surface area contributed by atoms with Crippen LogP contribution in [0.15, 0.2) is 42.5 Å². The molecule has 3 heterocycles. The summed E-state index contributed by atoms with van der Waals surface area (Å²) < 4.78 is 44.5. The first kappa shape index (κ1) is 24.8. The molecular weight excluding hydrogens is 536 g/mol. The first-order valence-electron chi connectivity index (χ1n) is 10.9. The zero-order valence-electron chi connectivity index (χ0n) is 18.7. The minimum atomic E-state index is -4.42. The lowest BCUT2D eigenvalue weighted by atomic mass is 10.2. The number of morpholine rings is 1. The molecule has 4 aromatic rings. The van der Waals surface area contributed by atoms with Crippen molar-refractivity contribution in [1.82, 2.24) is 15.0 Å². The van der Waals surface area contributed by atoms with Gasteiger partial charge in [0.1, 0.15) is 5.52 Å². The minimum Gasteiger partial charge on any atom is -0.377 e. The Bertz CT molecular complexity index is 1380. The highest BCUT2D eigenvalue weighted by atomic mass is 35.5. The van der Waals surface area contributed by atoms with Gasteiger partial charge in [0, 0.05) is 12.2 Å². The van der Waals surface area contributed by atoms with Crippen molar-refractivity contribution in [3.05, 3.63) is 58.1 Å². The van der Waals surface area contributed by atoms with E-state index in [2.05, 4.69) is 20.6 Å². The second-order valence-corrected chi connectivity index (χ2v) is 9.88. The molecule has 5 rings (SSSR count). The van der Waals surface area contributed by atoms with Crippen LogP contribution < -0.4 is 15.5 Å². The van der Waals surface area contributed by atoms with Gasteiger partial charge in [-0.3, -0.25) is 0 Å². The molecule has 7 nitrogen and oxygen atoms in total. The van der Waals surface area contributed by atoms with Gasteiger partial charge in [-0.15, -0.1) is 0 Å². The number of nitrogens with zero attached hydrogens (tertiary/aromatic N) is 4. The van der Waals surface area contributed by atoms with Crippen LogP contribution >= 0.6 is 34.5 Å². The van der Waals surface area contributed by atoms with Crippen LogP contribution in [0.4, 0.5) is 41.4 Å². The number of anilines is 5. The Morgan fingerprint density at radius 3 is 2.42 bits per heavy atom. The fourth-order valence-corrected chi connectivity index (χ4v) is 5.04. The van der Waals surface area contributed by atoms with E-state index in [4.69, 9.17) is 32.9 Å². The third-order valence-corrected chi connectivity index (χ3v) is 7.04. The Morgan fingerprint density at radius 2 is 1.75 bits per heavy atom. The van der Waals surface area contributed by atoms with E-state index >= 15 is 0 Å². The lowest BCUT2D eigenvalue weighted by molar-refractivity contribution is -0.137. The summed E-state index contributed by atoms with van der Waals surface area (Å²) in [6.45, 7) is 3.68. The number of halogens is 5. The van der Waals surface area contributed by atoms with Crippen LogP contribution in [-0.4, -0.2) is 40.8 Å². The van der Waals surface area contributed by atoms with E-state index in [0.717, 1.165) is 12.1 Å². The Kier molecular flexibility index (Phi) is 6.82. The normalized spacial score (nSPS) is 16.4. The van der Waals surface area contributed by atoms with E-state index in [-0.39, 0.29) is 6.04 Å². The summed E-state index contributed by atoms with van der Waals surface area (Å²) in [5, 5.41) is 7.59. The Morgan fingerprint density at radius 1 is 1.03 bits per heavy atom. The van der Waals surface area contributed by atoms with Crippen molar-refractivity contribution >= 4 is 73.2 Å². The van der Waals surface area contributed by atoms with E-state index in [0.29, 0.717) is 68.4 Å². The molecule has 0 amide bonds. The maximum absolute atomic E-state index is 13.0. The van der Waals surface area contributed by atoms with Crippen molar-refractivity contribution in [1.29, 1.82) is 0 Å². The molecule has 188 valence electrons. The summed E-state index contributed by atoms with van der Waals surface area (Å²) in [5.41, 5.74) is 0.656. The summed E-state index contributed by atoms with van der Waals surface area (Å²) in [5.74, 6) is 0.835. The van der Waals surface area contributed by atoms with Gasteiger partial charge in [-0.1, -0.05) is 40.6 Å². The number of hydrogen-bond acceptors (Lipinski definition) is 8. The second kappa shape index (κ2) is 9.89. The van der Waals surface area contributed by atoms with Gasteiger partial charge >= 0.3 is 6.18 Å². The SMILES string of the molecule is C[C@H]1COCCN1c1nc(Nc2ccc(C(F)(F)F)cc2)c2nc(Nc3c(Cl)cccc3Cl)sc2n1. The highest BCUT2D eigenvalue weighted by Gasteiger charge is 2.30. The molecule has 2 aromatic carbocycles. The first-order chi connectivity index (χ1) is 17.2. The molecule has 1 saturated heterocycles. The summed E-state index contributed by atoms with van der Waals surface area (Å²) in [6.07, 6.45) is -4.42. The predicted octanol–water partition coefficient (Wildman–Crippen LogP) is 7.12. The van der Waals surface area contributed by atoms with Gasteiger partial charge in [-0.05, 0) is 43.3 Å². The van der Waals surface area contributed by atoms with Gasteiger partial charge in [0.15, 0.2) is 15.8 Å². The molecule has 0 radical (unpaired) electrons. The van der Waals surface area contributed by atoms with Crippen LogP contribution in [0, 0.1) is 0 Å². The predicted molar refractivity (Wildman–Crippen MR) is 137 cm³/mol. The molecule has 0 saturated carbocycles. The molecule has 2 aromatic heterocycles. The fraction of sp³-hybridized carbons (Fsp3) is 0.261. The van der Waals surface area contributed by atoms with Crippen molar-refractivity contribution in [2.75, 3.05) is 35.3 Å². The van der Waals surface area contributed by atoms with Gasteiger partial charge in [0.05, 0.1) is 40.6 Å². The van der Waals surface area contributed by atoms with Crippen LogP contribution in [0.1, 0.15) is 12.5 Å². The van der Waals surface area contributed by atoms with Crippen LogP contribution in [-0.2, 0) is 10.9 Å². The lowest BCUT2D eigenvalue weighted by Crippen LogP contribution is -2.44. The lowest BCUT2D eigenvalue weighted by Gasteiger charge is -2.33. The number of para-hydroxylation sites is 1. The Labute approximate surface area is 218 Å². The minimum absolute atomic E-state index is 0.0440. The summed E-state index contributed by atoms with van der Waals surface area (Å²) in [4.78, 5) is 16.6.